The minimum atomic E-state index is -1.39. The molecular formula is C96H145N11O24. The number of fused-ring (bicyclic) bond motifs is 2. The third kappa shape index (κ3) is 43.6. The van der Waals surface area contributed by atoms with Gasteiger partial charge in [0, 0.05) is 73.5 Å². The number of carboxylic acids is 1. The van der Waals surface area contributed by atoms with Crippen LogP contribution in [0.25, 0.3) is 0 Å². The van der Waals surface area contributed by atoms with Crippen LogP contribution in [0.15, 0.2) is 109 Å². The summed E-state index contributed by atoms with van der Waals surface area (Å²) in [5.74, 6) is 0.516. The number of amides is 9. The molecule has 728 valence electrons. The van der Waals surface area contributed by atoms with Crippen molar-refractivity contribution in [3.63, 3.8) is 0 Å². The quantitative estimate of drug-likeness (QED) is 0.0117. The average Bonchev–Trinajstić information content (AvgIpc) is 0.798. The molecule has 5 rings (SSSR count). The summed E-state index contributed by atoms with van der Waals surface area (Å²) in [5.41, 5.74) is 9.33. The minimum Gasteiger partial charge on any atom is -0.478 e. The lowest BCUT2D eigenvalue weighted by Gasteiger charge is -2.40. The van der Waals surface area contributed by atoms with Crippen molar-refractivity contribution in [2.75, 3.05) is 202 Å². The van der Waals surface area contributed by atoms with E-state index in [9.17, 15) is 53.1 Å². The minimum absolute atomic E-state index is 0.00721. The van der Waals surface area contributed by atoms with Gasteiger partial charge in [-0.2, -0.15) is 0 Å². The highest BCUT2D eigenvalue weighted by atomic mass is 16.6. The maximum Gasteiger partial charge on any atom is 0.411 e. The number of anilines is 3. The maximum absolute atomic E-state index is 14.5. The van der Waals surface area contributed by atoms with E-state index in [1.165, 1.54) is 11.8 Å². The highest BCUT2D eigenvalue weighted by Gasteiger charge is 2.42. The molecule has 0 fully saturated rings. The Morgan fingerprint density at radius 3 is 1.56 bits per heavy atom. The predicted molar refractivity (Wildman–Crippen MR) is 496 cm³/mol. The van der Waals surface area contributed by atoms with Crippen molar-refractivity contribution in [3.8, 4) is 11.8 Å². The Balaban J connectivity index is 1.08. The number of hydrogen-bond acceptors (Lipinski definition) is 25. The van der Waals surface area contributed by atoms with Gasteiger partial charge in [0.15, 0.2) is 0 Å². The second-order valence-electron chi connectivity index (χ2n) is 33.6. The van der Waals surface area contributed by atoms with E-state index in [1.807, 2.05) is 103 Å². The number of carbonyl (C=O) groups is 10. The molecule has 0 bridgehead atoms. The number of nitrogens with zero attached hydrogens (tertiary/aromatic N) is 2. The number of carboxylic acid groups (broad SMARTS) is 1. The van der Waals surface area contributed by atoms with Crippen LogP contribution in [0.2, 0.25) is 0 Å². The molecule has 11 N–H and O–H groups in total. The Hall–Kier alpha value is -9.88. The monoisotopic (exact) mass is 1840 g/mol. The zero-order valence-corrected chi connectivity index (χ0v) is 79.0. The van der Waals surface area contributed by atoms with Crippen molar-refractivity contribution in [2.45, 2.75) is 175 Å². The van der Waals surface area contributed by atoms with Crippen LogP contribution in [-0.2, 0) is 123 Å². The Bertz CT molecular complexity index is 4190. The van der Waals surface area contributed by atoms with Gasteiger partial charge in [-0.05, 0) is 129 Å². The largest absolute Gasteiger partial charge is 0.478 e. The van der Waals surface area contributed by atoms with Crippen LogP contribution < -0.4 is 53.2 Å². The van der Waals surface area contributed by atoms with Gasteiger partial charge in [0.05, 0.1) is 176 Å². The number of methoxy groups -OCH3 is 1. The number of nitrogens with two attached hydrogens (primary N) is 1. The molecule has 35 nitrogen and oxygen atoms in total. The lowest BCUT2D eigenvalue weighted by molar-refractivity contribution is -0.141. The number of likely N-dealkylation sites (N-methyl/N-ethyl adjacent to an activating group) is 2. The summed E-state index contributed by atoms with van der Waals surface area (Å²) in [6, 6.07) is 22.3. The molecule has 6 atom stereocenters. The lowest BCUT2D eigenvalue weighted by Crippen LogP contribution is -2.61. The fourth-order valence-corrected chi connectivity index (χ4v) is 13.6. The molecule has 0 saturated heterocycles. The van der Waals surface area contributed by atoms with E-state index in [1.54, 1.807) is 88.5 Å². The normalized spacial score (nSPS) is 13.5. The first-order chi connectivity index (χ1) is 62.9. The summed E-state index contributed by atoms with van der Waals surface area (Å²) in [6.45, 7) is 27.2. The molecule has 131 heavy (non-hydrogen) atoms. The summed E-state index contributed by atoms with van der Waals surface area (Å²) in [7, 11) is 4.87. The first-order valence-corrected chi connectivity index (χ1v) is 45.2. The van der Waals surface area contributed by atoms with Crippen LogP contribution >= 0.6 is 0 Å². The van der Waals surface area contributed by atoms with Gasteiger partial charge >= 0.3 is 12.1 Å². The van der Waals surface area contributed by atoms with E-state index in [-0.39, 0.29) is 88.4 Å². The number of carbonyl (C=O) groups excluding carboxylic acids is 9. The molecule has 6 unspecified atom stereocenters. The summed E-state index contributed by atoms with van der Waals surface area (Å²) in [5, 5.41) is 32.4. The van der Waals surface area contributed by atoms with Gasteiger partial charge in [-0.15, -0.1) is 0 Å². The number of nitrogens with one attached hydrogen (secondary N) is 8. The van der Waals surface area contributed by atoms with E-state index in [2.05, 4.69) is 54.4 Å². The Labute approximate surface area is 772 Å². The van der Waals surface area contributed by atoms with Crippen LogP contribution in [0, 0.1) is 29.1 Å². The Kier molecular flexibility index (Phi) is 53.9. The van der Waals surface area contributed by atoms with Crippen molar-refractivity contribution in [1.82, 2.24) is 36.8 Å². The zero-order chi connectivity index (χ0) is 95.8. The van der Waals surface area contributed by atoms with Gasteiger partial charge in [0.1, 0.15) is 30.8 Å². The van der Waals surface area contributed by atoms with E-state index < -0.39 is 101 Å². The van der Waals surface area contributed by atoms with Crippen LogP contribution in [0.1, 0.15) is 148 Å². The third-order valence-electron chi connectivity index (χ3n) is 21.2. The molecule has 9 amide bonds. The third-order valence-corrected chi connectivity index (χ3v) is 21.2. The predicted octanol–water partition coefficient (Wildman–Crippen LogP) is 7.37. The molecule has 0 saturated carbocycles. The summed E-state index contributed by atoms with van der Waals surface area (Å²) in [4.78, 5) is 141. The van der Waals surface area contributed by atoms with E-state index in [4.69, 9.17) is 67.3 Å². The SMILES string of the molecule is CNC(C(=O)NC(C(=O)N(C)C(/C=C(\C)C(=O)O)C(C)C)C(C)(C)C)C(C)(C)c1cccc(NC(=O)OCc2ccc(NC(=O)C(CCCCN)NC(=O)C(NC(=O)C(CNC(=O)CCOCCOCCOCCOCCOCCOCCOCCOCCOCCOCCOCCOC)NC(=O)CCCCC(=O)N3Cc4ccccc4C#Cc4ccccc43)C(C)C)cc2)c1. The number of aliphatic carboxylic acids is 1. The van der Waals surface area contributed by atoms with Crippen LogP contribution in [0.3, 0.4) is 0 Å². The standard InChI is InChI=1S/C96H145N11O24/c1-68(2)81(63-70(5)93(116)117)106(12)92(115)87(95(6,7)8)105-91(114)86(98-11)96(9,10)75-26-22-27-77(64-75)101-94(118)131-67-71-32-36-76(37-33-71)100-88(111)78(28-20-21-39-97)103-90(113)85(69(3)4)104-89(112)79(102-83(109)30-18-19-31-84(110)107-66-74-25-15-14-23-72(74)34-35-73-24-16-17-29-80(73)107)65-99-82(108)38-40-120-43-44-122-47-48-124-51-52-126-55-56-128-59-60-130-62-61-129-58-57-127-54-53-125-50-49-123-46-45-121-42-41-119-13/h14-17,22-27,29,32-33,36-37,63-64,68-69,78-79,81,85-87,98H,18-21,28,30-31,38-62,65-67,97H2,1-13H3,(H,99,108)(H,100,111)(H,101,118)(H,102,109)(H,103,113)(H,104,112)(H,105,114)(H,116,117)/b70-63+. The summed E-state index contributed by atoms with van der Waals surface area (Å²) in [6.07, 6.45) is 2.41. The molecule has 1 aliphatic rings. The van der Waals surface area contributed by atoms with Gasteiger partial charge in [0.2, 0.25) is 47.3 Å². The van der Waals surface area contributed by atoms with Gasteiger partial charge < -0.3 is 119 Å². The second-order valence-corrected chi connectivity index (χ2v) is 33.6. The van der Waals surface area contributed by atoms with E-state index in [0.717, 1.165) is 11.1 Å². The van der Waals surface area contributed by atoms with Crippen molar-refractivity contribution >= 4 is 76.4 Å². The van der Waals surface area contributed by atoms with Crippen molar-refractivity contribution in [3.05, 3.63) is 137 Å². The van der Waals surface area contributed by atoms with E-state index in [0.29, 0.717) is 198 Å². The smallest absolute Gasteiger partial charge is 0.411 e. The topological polar surface area (TPSA) is 440 Å². The van der Waals surface area contributed by atoms with Crippen LogP contribution in [0.4, 0.5) is 21.9 Å². The fourth-order valence-electron chi connectivity index (χ4n) is 13.6. The van der Waals surface area contributed by atoms with Gasteiger partial charge in [-0.1, -0.05) is 135 Å². The Morgan fingerprint density at radius 1 is 0.519 bits per heavy atom. The molecule has 0 radical (unpaired) electrons. The molecule has 0 aliphatic carbocycles. The van der Waals surface area contributed by atoms with E-state index >= 15 is 0 Å². The van der Waals surface area contributed by atoms with Crippen molar-refractivity contribution in [1.29, 1.82) is 0 Å². The number of rotatable bonds is 68. The number of unbranched alkanes of at least 4 members (excludes halogenated alkanes) is 2. The number of para-hydroxylation sites is 1. The zero-order valence-electron chi connectivity index (χ0n) is 79.0. The highest BCUT2D eigenvalue weighted by Crippen LogP contribution is 2.32. The van der Waals surface area contributed by atoms with Crippen LogP contribution in [0.5, 0.6) is 0 Å². The number of hydrogen-bond donors (Lipinski definition) is 10. The molecule has 4 aromatic rings. The van der Waals surface area contributed by atoms with Gasteiger partial charge in [0.25, 0.3) is 0 Å². The molecule has 4 aromatic carbocycles. The van der Waals surface area contributed by atoms with Crippen molar-refractivity contribution < 1.29 is 115 Å². The first kappa shape index (κ1) is 112. The molecule has 1 aliphatic heterocycles. The maximum atomic E-state index is 14.5. The lowest BCUT2D eigenvalue weighted by atomic mass is 9.76. The van der Waals surface area contributed by atoms with Gasteiger partial charge in [-0.25, -0.2) is 9.59 Å². The summed E-state index contributed by atoms with van der Waals surface area (Å²) >= 11 is 0. The first-order valence-electron chi connectivity index (χ1n) is 45.2. The van der Waals surface area contributed by atoms with Crippen LogP contribution in [-0.4, -0.2) is 292 Å². The highest BCUT2D eigenvalue weighted by molar-refractivity contribution is 6.00. The number of ether oxygens (including phenoxy) is 13. The average molecular weight is 1840 g/mol. The summed E-state index contributed by atoms with van der Waals surface area (Å²) < 4.78 is 71.4. The molecule has 0 aromatic heterocycles. The Morgan fingerprint density at radius 2 is 1.04 bits per heavy atom. The molecular weight excluding hydrogens is 1690 g/mol. The molecule has 0 spiro atoms. The fraction of sp³-hybridized carbons (Fsp3) is 0.604. The number of benzene rings is 4. The van der Waals surface area contributed by atoms with Crippen molar-refractivity contribution in [2.24, 2.45) is 23.0 Å². The molecule has 35 heteroatoms. The van der Waals surface area contributed by atoms with Gasteiger partial charge in [-0.3, -0.25) is 43.7 Å². The second kappa shape index (κ2) is 63.3. The molecule has 1 heterocycles.